The summed E-state index contributed by atoms with van der Waals surface area (Å²) in [5.41, 5.74) is 1.58. The molecule has 0 heterocycles. The van der Waals surface area contributed by atoms with E-state index in [0.717, 1.165) is 5.56 Å². The highest BCUT2D eigenvalue weighted by molar-refractivity contribution is 6.34. The molecule has 2 N–H and O–H groups in total. The first-order valence-electron chi connectivity index (χ1n) is 4.83. The molecule has 2 amide bonds. The Morgan fingerprint density at radius 3 is 2.67 bits per heavy atom. The fourth-order valence-electron chi connectivity index (χ4n) is 1.16. The van der Waals surface area contributed by atoms with Gasteiger partial charge in [0.25, 0.3) is 0 Å². The molecule has 1 aromatic carbocycles. The van der Waals surface area contributed by atoms with E-state index in [2.05, 4.69) is 10.6 Å². The van der Waals surface area contributed by atoms with E-state index in [0.29, 0.717) is 10.7 Å². The van der Waals surface area contributed by atoms with Crippen LogP contribution in [0.5, 0.6) is 0 Å². The van der Waals surface area contributed by atoms with Crippen molar-refractivity contribution in [2.75, 3.05) is 5.32 Å². The van der Waals surface area contributed by atoms with Gasteiger partial charge in [-0.25, -0.2) is 4.79 Å². The van der Waals surface area contributed by atoms with Crippen LogP contribution in [0, 0.1) is 6.92 Å². The summed E-state index contributed by atoms with van der Waals surface area (Å²) < 4.78 is 0. The Bertz CT molecular complexity index is 364. The van der Waals surface area contributed by atoms with Gasteiger partial charge in [-0.15, -0.1) is 0 Å². The molecule has 0 aromatic heterocycles. The molecular weight excluding hydrogens is 212 g/mol. The van der Waals surface area contributed by atoms with Crippen molar-refractivity contribution in [1.82, 2.24) is 5.32 Å². The molecule has 4 heteroatoms. The number of anilines is 1. The average Bonchev–Trinajstić information content (AvgIpc) is 2.11. The van der Waals surface area contributed by atoms with Gasteiger partial charge in [-0.1, -0.05) is 23.7 Å². The van der Waals surface area contributed by atoms with Gasteiger partial charge in [0.2, 0.25) is 0 Å². The second kappa shape index (κ2) is 5.03. The van der Waals surface area contributed by atoms with Crippen LogP contribution in [0.2, 0.25) is 5.02 Å². The largest absolute Gasteiger partial charge is 0.336 e. The van der Waals surface area contributed by atoms with Crippen molar-refractivity contribution in [3.63, 3.8) is 0 Å². The van der Waals surface area contributed by atoms with Gasteiger partial charge in [0.15, 0.2) is 0 Å². The Kier molecular flexibility index (Phi) is 3.97. The summed E-state index contributed by atoms with van der Waals surface area (Å²) in [4.78, 5) is 11.4. The molecule has 0 radical (unpaired) electrons. The number of amides is 2. The highest BCUT2D eigenvalue weighted by atomic mass is 35.5. The summed E-state index contributed by atoms with van der Waals surface area (Å²) in [6.45, 7) is 5.70. The third-order valence-electron chi connectivity index (χ3n) is 1.86. The Labute approximate surface area is 94.8 Å². The lowest BCUT2D eigenvalue weighted by Gasteiger charge is -2.11. The van der Waals surface area contributed by atoms with E-state index < -0.39 is 0 Å². The van der Waals surface area contributed by atoms with Gasteiger partial charge in [-0.3, -0.25) is 0 Å². The lowest BCUT2D eigenvalue weighted by atomic mass is 10.2. The van der Waals surface area contributed by atoms with Crippen molar-refractivity contribution in [2.45, 2.75) is 26.8 Å². The van der Waals surface area contributed by atoms with Crippen LogP contribution in [0.25, 0.3) is 0 Å². The summed E-state index contributed by atoms with van der Waals surface area (Å²) in [6.07, 6.45) is 0. The number of carbonyl (C=O) groups is 1. The van der Waals surface area contributed by atoms with Crippen molar-refractivity contribution in [3.8, 4) is 0 Å². The molecule has 0 fully saturated rings. The maximum absolute atomic E-state index is 11.4. The molecule has 1 aromatic rings. The lowest BCUT2D eigenvalue weighted by molar-refractivity contribution is 0.250. The first-order valence-corrected chi connectivity index (χ1v) is 5.21. The fourth-order valence-corrected chi connectivity index (χ4v) is 1.34. The molecule has 0 unspecified atom stereocenters. The third kappa shape index (κ3) is 3.44. The Morgan fingerprint density at radius 2 is 2.07 bits per heavy atom. The molecule has 1 rings (SSSR count). The molecule has 0 aliphatic carbocycles. The number of carbonyl (C=O) groups excluding carboxylic acids is 1. The van der Waals surface area contributed by atoms with Crippen LogP contribution >= 0.6 is 11.6 Å². The molecule has 82 valence electrons. The predicted molar refractivity (Wildman–Crippen MR) is 63.5 cm³/mol. The van der Waals surface area contributed by atoms with E-state index >= 15 is 0 Å². The minimum Gasteiger partial charge on any atom is -0.336 e. The van der Waals surface area contributed by atoms with Crippen LogP contribution in [-0.4, -0.2) is 12.1 Å². The number of halogens is 1. The van der Waals surface area contributed by atoms with Crippen molar-refractivity contribution < 1.29 is 4.79 Å². The van der Waals surface area contributed by atoms with Gasteiger partial charge in [0.05, 0.1) is 10.7 Å². The maximum atomic E-state index is 11.4. The van der Waals surface area contributed by atoms with E-state index in [-0.39, 0.29) is 12.1 Å². The van der Waals surface area contributed by atoms with Crippen molar-refractivity contribution in [1.29, 1.82) is 0 Å². The van der Waals surface area contributed by atoms with Crippen molar-refractivity contribution in [3.05, 3.63) is 28.8 Å². The van der Waals surface area contributed by atoms with Gasteiger partial charge in [-0.05, 0) is 32.4 Å². The zero-order valence-electron chi connectivity index (χ0n) is 9.10. The zero-order valence-corrected chi connectivity index (χ0v) is 9.85. The van der Waals surface area contributed by atoms with E-state index in [1.165, 1.54) is 0 Å². The van der Waals surface area contributed by atoms with Gasteiger partial charge in [0, 0.05) is 6.04 Å². The minimum atomic E-state index is -0.238. The van der Waals surface area contributed by atoms with E-state index in [9.17, 15) is 4.79 Å². The standard InChI is InChI=1S/C11H15ClN2O/c1-7(2)13-11(15)14-9-6-4-5-8(3)10(9)12/h4-7H,1-3H3,(H2,13,14,15). The van der Waals surface area contributed by atoms with Gasteiger partial charge < -0.3 is 10.6 Å². The van der Waals surface area contributed by atoms with Crippen LogP contribution < -0.4 is 10.6 Å². The molecule has 0 bridgehead atoms. The van der Waals surface area contributed by atoms with Crippen molar-refractivity contribution >= 4 is 23.3 Å². The molecule has 15 heavy (non-hydrogen) atoms. The first kappa shape index (κ1) is 11.9. The smallest absolute Gasteiger partial charge is 0.319 e. The molecule has 0 saturated heterocycles. The molecule has 0 atom stereocenters. The molecule has 0 aliphatic heterocycles. The maximum Gasteiger partial charge on any atom is 0.319 e. The number of rotatable bonds is 2. The van der Waals surface area contributed by atoms with E-state index in [1.807, 2.05) is 32.9 Å². The SMILES string of the molecule is Cc1cccc(NC(=O)NC(C)C)c1Cl. The molecule has 3 nitrogen and oxygen atoms in total. The summed E-state index contributed by atoms with van der Waals surface area (Å²) in [6, 6.07) is 5.39. The Morgan fingerprint density at radius 1 is 1.40 bits per heavy atom. The van der Waals surface area contributed by atoms with Gasteiger partial charge in [0.1, 0.15) is 0 Å². The molecule has 0 spiro atoms. The first-order chi connectivity index (χ1) is 7.00. The lowest BCUT2D eigenvalue weighted by Crippen LogP contribution is -2.34. The average molecular weight is 227 g/mol. The number of hydrogen-bond donors (Lipinski definition) is 2. The number of urea groups is 1. The van der Waals surface area contributed by atoms with Crippen LogP contribution in [0.15, 0.2) is 18.2 Å². The number of aryl methyl sites for hydroxylation is 1. The van der Waals surface area contributed by atoms with E-state index in [1.54, 1.807) is 6.07 Å². The minimum absolute atomic E-state index is 0.105. The normalized spacial score (nSPS) is 10.2. The topological polar surface area (TPSA) is 41.1 Å². The van der Waals surface area contributed by atoms with Crippen LogP contribution in [0.1, 0.15) is 19.4 Å². The van der Waals surface area contributed by atoms with Crippen LogP contribution in [0.3, 0.4) is 0 Å². The molecule has 0 saturated carbocycles. The van der Waals surface area contributed by atoms with Crippen molar-refractivity contribution in [2.24, 2.45) is 0 Å². The Balaban J connectivity index is 2.73. The zero-order chi connectivity index (χ0) is 11.4. The van der Waals surface area contributed by atoms with Gasteiger partial charge >= 0.3 is 6.03 Å². The highest BCUT2D eigenvalue weighted by Gasteiger charge is 2.07. The van der Waals surface area contributed by atoms with Crippen LogP contribution in [-0.2, 0) is 0 Å². The molecule has 0 aliphatic rings. The number of hydrogen-bond acceptors (Lipinski definition) is 1. The summed E-state index contributed by atoms with van der Waals surface area (Å²) in [7, 11) is 0. The highest BCUT2D eigenvalue weighted by Crippen LogP contribution is 2.24. The summed E-state index contributed by atoms with van der Waals surface area (Å²) in [5.74, 6) is 0. The van der Waals surface area contributed by atoms with Crippen LogP contribution in [0.4, 0.5) is 10.5 Å². The molecular formula is C11H15ClN2O. The number of nitrogens with one attached hydrogen (secondary N) is 2. The fraction of sp³-hybridized carbons (Fsp3) is 0.364. The third-order valence-corrected chi connectivity index (χ3v) is 2.36. The van der Waals surface area contributed by atoms with Gasteiger partial charge in [-0.2, -0.15) is 0 Å². The second-order valence-electron chi connectivity index (χ2n) is 3.69. The summed E-state index contributed by atoms with van der Waals surface area (Å²) in [5, 5.41) is 6.01. The second-order valence-corrected chi connectivity index (χ2v) is 4.07. The Hall–Kier alpha value is -1.22. The summed E-state index contributed by atoms with van der Waals surface area (Å²) >= 11 is 6.03. The van der Waals surface area contributed by atoms with E-state index in [4.69, 9.17) is 11.6 Å². The monoisotopic (exact) mass is 226 g/mol. The predicted octanol–water partition coefficient (Wildman–Crippen LogP) is 3.18. The number of benzene rings is 1. The quantitative estimate of drug-likeness (QED) is 0.799.